The SMILES string of the molecule is CC(C)(CNc1ccnc2cc(Cl)ccc12)NCc1ccc(Cl)cc1Cl. The van der Waals surface area contributed by atoms with E-state index in [-0.39, 0.29) is 5.54 Å². The third kappa shape index (κ3) is 4.80. The standard InChI is InChI=1S/C20H20Cl3N3/c1-20(2,26-11-13-3-4-14(21)9-17(13)23)12-25-18-7-8-24-19-10-15(22)5-6-16(18)19/h3-10,26H,11-12H2,1-2H3,(H,24,25). The van der Waals surface area contributed by atoms with Crippen molar-refractivity contribution in [1.82, 2.24) is 10.3 Å². The minimum absolute atomic E-state index is 0.148. The Kier molecular flexibility index (Phi) is 5.93. The van der Waals surface area contributed by atoms with Crippen molar-refractivity contribution in [2.24, 2.45) is 0 Å². The van der Waals surface area contributed by atoms with Crippen LogP contribution >= 0.6 is 34.8 Å². The molecule has 0 aliphatic heterocycles. The van der Waals surface area contributed by atoms with E-state index in [0.717, 1.165) is 28.7 Å². The summed E-state index contributed by atoms with van der Waals surface area (Å²) in [6.45, 7) is 5.69. The highest BCUT2D eigenvalue weighted by Gasteiger charge is 2.18. The molecule has 0 aliphatic rings. The first-order chi connectivity index (χ1) is 12.3. The van der Waals surface area contributed by atoms with E-state index in [0.29, 0.717) is 21.6 Å². The van der Waals surface area contributed by atoms with Gasteiger partial charge in [0.15, 0.2) is 0 Å². The minimum Gasteiger partial charge on any atom is -0.383 e. The molecule has 0 amide bonds. The van der Waals surface area contributed by atoms with Crippen LogP contribution in [0.3, 0.4) is 0 Å². The first-order valence-corrected chi connectivity index (χ1v) is 9.44. The molecule has 0 spiro atoms. The lowest BCUT2D eigenvalue weighted by molar-refractivity contribution is 0.407. The molecule has 136 valence electrons. The monoisotopic (exact) mass is 407 g/mol. The molecule has 3 nitrogen and oxygen atoms in total. The molecular formula is C20H20Cl3N3. The second-order valence-corrected chi connectivity index (χ2v) is 8.13. The minimum atomic E-state index is -0.148. The molecule has 0 radical (unpaired) electrons. The molecule has 6 heteroatoms. The van der Waals surface area contributed by atoms with E-state index in [2.05, 4.69) is 29.5 Å². The lowest BCUT2D eigenvalue weighted by Gasteiger charge is -2.28. The molecule has 0 bridgehead atoms. The third-order valence-electron chi connectivity index (χ3n) is 4.20. The van der Waals surface area contributed by atoms with Crippen molar-refractivity contribution in [3.05, 3.63) is 69.3 Å². The van der Waals surface area contributed by atoms with Crippen molar-refractivity contribution >= 4 is 51.4 Å². The fraction of sp³-hybridized carbons (Fsp3) is 0.250. The Bertz CT molecular complexity index is 925. The summed E-state index contributed by atoms with van der Waals surface area (Å²) in [6.07, 6.45) is 1.79. The van der Waals surface area contributed by atoms with E-state index in [1.54, 1.807) is 12.3 Å². The average molecular weight is 409 g/mol. The van der Waals surface area contributed by atoms with Crippen LogP contribution in [-0.2, 0) is 6.54 Å². The molecule has 0 atom stereocenters. The number of anilines is 1. The molecule has 2 N–H and O–H groups in total. The number of pyridine rings is 1. The van der Waals surface area contributed by atoms with Crippen LogP contribution in [0.25, 0.3) is 10.9 Å². The molecule has 0 fully saturated rings. The zero-order chi connectivity index (χ0) is 18.7. The van der Waals surface area contributed by atoms with Crippen LogP contribution in [0.5, 0.6) is 0 Å². The van der Waals surface area contributed by atoms with Crippen LogP contribution in [0.1, 0.15) is 19.4 Å². The van der Waals surface area contributed by atoms with Crippen molar-refractivity contribution in [2.75, 3.05) is 11.9 Å². The van der Waals surface area contributed by atoms with E-state index in [4.69, 9.17) is 34.8 Å². The fourth-order valence-corrected chi connectivity index (χ4v) is 3.30. The van der Waals surface area contributed by atoms with Gasteiger partial charge in [0.2, 0.25) is 0 Å². The molecule has 0 saturated heterocycles. The number of rotatable bonds is 6. The number of hydrogen-bond donors (Lipinski definition) is 2. The third-order valence-corrected chi connectivity index (χ3v) is 5.02. The normalized spacial score (nSPS) is 11.7. The van der Waals surface area contributed by atoms with Crippen molar-refractivity contribution in [1.29, 1.82) is 0 Å². The quantitative estimate of drug-likeness (QED) is 0.511. The summed E-state index contributed by atoms with van der Waals surface area (Å²) in [5.41, 5.74) is 2.78. The molecule has 3 rings (SSSR count). The molecule has 0 unspecified atom stereocenters. The molecule has 2 aromatic carbocycles. The Morgan fingerprint density at radius 2 is 1.69 bits per heavy atom. The summed E-state index contributed by atoms with van der Waals surface area (Å²) in [5.74, 6) is 0. The van der Waals surface area contributed by atoms with Crippen molar-refractivity contribution in [3.63, 3.8) is 0 Å². The number of aromatic nitrogens is 1. The Balaban J connectivity index is 1.66. The van der Waals surface area contributed by atoms with Crippen molar-refractivity contribution in [3.8, 4) is 0 Å². The summed E-state index contributed by atoms with van der Waals surface area (Å²) in [4.78, 5) is 4.37. The Labute approximate surface area is 168 Å². The second kappa shape index (κ2) is 8.01. The smallest absolute Gasteiger partial charge is 0.0737 e. The second-order valence-electron chi connectivity index (χ2n) is 6.85. The lowest BCUT2D eigenvalue weighted by Crippen LogP contribution is -2.44. The summed E-state index contributed by atoms with van der Waals surface area (Å²) < 4.78 is 0. The van der Waals surface area contributed by atoms with E-state index >= 15 is 0 Å². The van der Waals surface area contributed by atoms with Crippen LogP contribution in [0.15, 0.2) is 48.7 Å². The van der Waals surface area contributed by atoms with Gasteiger partial charge in [-0.2, -0.15) is 0 Å². The number of halogens is 3. The van der Waals surface area contributed by atoms with Gasteiger partial charge in [-0.05, 0) is 55.8 Å². The van der Waals surface area contributed by atoms with Gasteiger partial charge in [-0.1, -0.05) is 40.9 Å². The number of benzene rings is 2. The van der Waals surface area contributed by atoms with Gasteiger partial charge in [0, 0.05) is 51.0 Å². The highest BCUT2D eigenvalue weighted by molar-refractivity contribution is 6.35. The Morgan fingerprint density at radius 1 is 0.962 bits per heavy atom. The van der Waals surface area contributed by atoms with Crippen molar-refractivity contribution < 1.29 is 0 Å². The van der Waals surface area contributed by atoms with E-state index in [1.807, 2.05) is 36.4 Å². The number of nitrogens with zero attached hydrogens (tertiary/aromatic N) is 1. The van der Waals surface area contributed by atoms with Gasteiger partial charge in [-0.15, -0.1) is 0 Å². The number of nitrogens with one attached hydrogen (secondary N) is 2. The largest absolute Gasteiger partial charge is 0.383 e. The predicted octanol–water partition coefficient (Wildman–Crippen LogP) is 6.18. The van der Waals surface area contributed by atoms with Gasteiger partial charge >= 0.3 is 0 Å². The van der Waals surface area contributed by atoms with Crippen molar-refractivity contribution in [2.45, 2.75) is 25.9 Å². The van der Waals surface area contributed by atoms with E-state index in [9.17, 15) is 0 Å². The first-order valence-electron chi connectivity index (χ1n) is 8.31. The number of hydrogen-bond acceptors (Lipinski definition) is 3. The van der Waals surface area contributed by atoms with Gasteiger partial charge in [0.25, 0.3) is 0 Å². The van der Waals surface area contributed by atoms with E-state index < -0.39 is 0 Å². The maximum atomic E-state index is 6.25. The predicted molar refractivity (Wildman–Crippen MR) is 113 cm³/mol. The number of fused-ring (bicyclic) bond motifs is 1. The van der Waals surface area contributed by atoms with Gasteiger partial charge in [-0.3, -0.25) is 4.98 Å². The highest BCUT2D eigenvalue weighted by atomic mass is 35.5. The van der Waals surface area contributed by atoms with E-state index in [1.165, 1.54) is 0 Å². The van der Waals surface area contributed by atoms with Gasteiger partial charge < -0.3 is 10.6 Å². The van der Waals surface area contributed by atoms with Crippen LogP contribution in [0.4, 0.5) is 5.69 Å². The molecule has 0 aliphatic carbocycles. The average Bonchev–Trinajstić information content (AvgIpc) is 2.59. The first kappa shape index (κ1) is 19.2. The zero-order valence-corrected chi connectivity index (χ0v) is 16.9. The molecule has 26 heavy (non-hydrogen) atoms. The van der Waals surface area contributed by atoms with Crippen LogP contribution in [0.2, 0.25) is 15.1 Å². The maximum Gasteiger partial charge on any atom is 0.0737 e. The van der Waals surface area contributed by atoms with Gasteiger partial charge in [-0.25, -0.2) is 0 Å². The Morgan fingerprint density at radius 3 is 2.46 bits per heavy atom. The lowest BCUT2D eigenvalue weighted by atomic mass is 10.0. The maximum absolute atomic E-state index is 6.25. The summed E-state index contributed by atoms with van der Waals surface area (Å²) in [7, 11) is 0. The zero-order valence-electron chi connectivity index (χ0n) is 14.6. The van der Waals surface area contributed by atoms with Crippen LogP contribution in [-0.4, -0.2) is 17.1 Å². The molecule has 1 heterocycles. The molecule has 0 saturated carbocycles. The molecular weight excluding hydrogens is 389 g/mol. The summed E-state index contributed by atoms with van der Waals surface area (Å²) in [6, 6.07) is 13.3. The van der Waals surface area contributed by atoms with Crippen LogP contribution in [0, 0.1) is 0 Å². The summed E-state index contributed by atoms with van der Waals surface area (Å²) in [5, 5.41) is 10.1. The topological polar surface area (TPSA) is 37.0 Å². The highest BCUT2D eigenvalue weighted by Crippen LogP contribution is 2.25. The van der Waals surface area contributed by atoms with Gasteiger partial charge in [0.05, 0.1) is 5.52 Å². The summed E-state index contributed by atoms with van der Waals surface area (Å²) >= 11 is 18.3. The Hall–Kier alpha value is -1.52. The van der Waals surface area contributed by atoms with Gasteiger partial charge in [0.1, 0.15) is 0 Å². The fourth-order valence-electron chi connectivity index (χ4n) is 2.65. The van der Waals surface area contributed by atoms with Crippen LogP contribution < -0.4 is 10.6 Å². The molecule has 3 aromatic rings. The molecule has 1 aromatic heterocycles.